The molecule has 0 amide bonds. The van der Waals surface area contributed by atoms with Crippen LogP contribution in [-0.2, 0) is 4.74 Å². The van der Waals surface area contributed by atoms with E-state index in [1.54, 1.807) is 24.5 Å². The van der Waals surface area contributed by atoms with E-state index in [1.807, 2.05) is 23.6 Å². The molecule has 0 aliphatic carbocycles. The number of carbonyl (C=O) groups excluding carboxylic acids is 1. The van der Waals surface area contributed by atoms with E-state index in [9.17, 15) is 4.79 Å². The second-order valence-electron chi connectivity index (χ2n) is 7.10. The van der Waals surface area contributed by atoms with Crippen molar-refractivity contribution in [2.45, 2.75) is 31.2 Å². The molecule has 1 aromatic carbocycles. The topological polar surface area (TPSA) is 83.0 Å². The number of nitrogens with zero attached hydrogens (tertiary/aromatic N) is 4. The molecule has 8 heteroatoms. The number of furan rings is 1. The molecule has 0 bridgehead atoms. The van der Waals surface area contributed by atoms with Crippen molar-refractivity contribution >= 4 is 17.7 Å². The number of methoxy groups -OCH3 is 1. The van der Waals surface area contributed by atoms with Crippen LogP contribution in [0.3, 0.4) is 0 Å². The Bertz CT molecular complexity index is 1220. The minimum atomic E-state index is -0.498. The molecular weight excluding hydrogens is 412 g/mol. The van der Waals surface area contributed by atoms with Crippen LogP contribution in [0.5, 0.6) is 0 Å². The van der Waals surface area contributed by atoms with Crippen LogP contribution in [0.25, 0.3) is 17.1 Å². The first kappa shape index (κ1) is 20.9. The van der Waals surface area contributed by atoms with Crippen LogP contribution in [-0.4, -0.2) is 32.8 Å². The van der Waals surface area contributed by atoms with Gasteiger partial charge >= 0.3 is 5.97 Å². The summed E-state index contributed by atoms with van der Waals surface area (Å²) in [5, 5.41) is 9.56. The molecule has 3 heterocycles. The molecule has 0 N–H and O–H groups in total. The van der Waals surface area contributed by atoms with Crippen LogP contribution in [0, 0.1) is 13.8 Å². The van der Waals surface area contributed by atoms with E-state index in [-0.39, 0.29) is 11.0 Å². The Morgan fingerprint density at radius 1 is 1.06 bits per heavy atom. The van der Waals surface area contributed by atoms with Gasteiger partial charge in [0, 0.05) is 18.0 Å². The van der Waals surface area contributed by atoms with Crippen molar-refractivity contribution in [3.05, 3.63) is 77.5 Å². The molecule has 158 valence electrons. The van der Waals surface area contributed by atoms with Gasteiger partial charge in [0.25, 0.3) is 0 Å². The van der Waals surface area contributed by atoms with E-state index < -0.39 is 5.97 Å². The Morgan fingerprint density at radius 3 is 2.55 bits per heavy atom. The maximum Gasteiger partial charge on any atom is 0.373 e. The van der Waals surface area contributed by atoms with E-state index in [2.05, 4.69) is 47.2 Å². The Hall–Kier alpha value is -3.39. The number of benzene rings is 1. The molecule has 0 spiro atoms. The zero-order chi connectivity index (χ0) is 22.0. The van der Waals surface area contributed by atoms with Gasteiger partial charge < -0.3 is 9.15 Å². The smallest absolute Gasteiger partial charge is 0.373 e. The van der Waals surface area contributed by atoms with Crippen LogP contribution >= 0.6 is 11.8 Å². The van der Waals surface area contributed by atoms with Crippen molar-refractivity contribution < 1.29 is 13.9 Å². The van der Waals surface area contributed by atoms with Gasteiger partial charge in [-0.2, -0.15) is 0 Å². The van der Waals surface area contributed by atoms with E-state index in [0.29, 0.717) is 5.76 Å². The molecule has 0 radical (unpaired) electrons. The monoisotopic (exact) mass is 434 g/mol. The summed E-state index contributed by atoms with van der Waals surface area (Å²) < 4.78 is 12.4. The molecule has 0 saturated heterocycles. The van der Waals surface area contributed by atoms with Gasteiger partial charge in [-0.3, -0.25) is 9.55 Å². The molecule has 0 aliphatic heterocycles. The predicted octanol–water partition coefficient (Wildman–Crippen LogP) is 5.18. The summed E-state index contributed by atoms with van der Waals surface area (Å²) in [5.74, 6) is 1.07. The molecule has 0 fully saturated rings. The lowest BCUT2D eigenvalue weighted by Crippen LogP contribution is -2.02. The van der Waals surface area contributed by atoms with Gasteiger partial charge in [0.05, 0.1) is 18.0 Å². The fourth-order valence-corrected chi connectivity index (χ4v) is 4.07. The number of hydrogen-bond donors (Lipinski definition) is 0. The number of carbonyl (C=O) groups is 1. The van der Waals surface area contributed by atoms with Crippen molar-refractivity contribution in [3.8, 4) is 17.1 Å². The Labute approximate surface area is 184 Å². The minimum Gasteiger partial charge on any atom is -0.463 e. The summed E-state index contributed by atoms with van der Waals surface area (Å²) in [4.78, 5) is 15.8. The SMILES string of the molecule is COC(=O)c1ccc(C(C)Sc2nnc(-c3ccncc3)n2-c2ccc(C)c(C)c2)o1. The summed E-state index contributed by atoms with van der Waals surface area (Å²) in [7, 11) is 1.33. The zero-order valence-electron chi connectivity index (χ0n) is 17.7. The fourth-order valence-electron chi connectivity index (χ4n) is 3.13. The lowest BCUT2D eigenvalue weighted by molar-refractivity contribution is 0.0563. The molecule has 1 unspecified atom stereocenters. The highest BCUT2D eigenvalue weighted by Crippen LogP contribution is 2.37. The number of aromatic nitrogens is 4. The maximum absolute atomic E-state index is 11.7. The second kappa shape index (κ2) is 8.77. The fraction of sp³-hybridized carbons (Fsp3) is 0.217. The quantitative estimate of drug-likeness (QED) is 0.305. The van der Waals surface area contributed by atoms with Crippen LogP contribution in [0.4, 0.5) is 0 Å². The average molecular weight is 435 g/mol. The van der Waals surface area contributed by atoms with Gasteiger partial charge in [-0.05, 0) is 68.3 Å². The Balaban J connectivity index is 1.74. The van der Waals surface area contributed by atoms with Gasteiger partial charge in [0.1, 0.15) is 5.76 Å². The molecule has 3 aromatic heterocycles. The van der Waals surface area contributed by atoms with E-state index in [4.69, 9.17) is 9.15 Å². The first-order valence-corrected chi connectivity index (χ1v) is 10.6. The van der Waals surface area contributed by atoms with Gasteiger partial charge in [-0.25, -0.2) is 4.79 Å². The minimum absolute atomic E-state index is 0.0989. The first-order valence-electron chi connectivity index (χ1n) is 9.76. The lowest BCUT2D eigenvalue weighted by atomic mass is 10.1. The van der Waals surface area contributed by atoms with E-state index >= 15 is 0 Å². The lowest BCUT2D eigenvalue weighted by Gasteiger charge is -2.14. The largest absolute Gasteiger partial charge is 0.463 e. The van der Waals surface area contributed by atoms with Gasteiger partial charge in [-0.15, -0.1) is 10.2 Å². The first-order chi connectivity index (χ1) is 15.0. The molecule has 0 aliphatic rings. The van der Waals surface area contributed by atoms with E-state index in [0.717, 1.165) is 22.2 Å². The van der Waals surface area contributed by atoms with Gasteiger partial charge in [0.15, 0.2) is 11.0 Å². The standard InChI is InChI=1S/C23H22N4O3S/c1-14-5-6-18(13-15(14)2)27-21(17-9-11-24-12-10-17)25-26-23(27)31-16(3)19-7-8-20(30-19)22(28)29-4/h5-13,16H,1-4H3. The van der Waals surface area contributed by atoms with Crippen molar-refractivity contribution in [3.63, 3.8) is 0 Å². The number of pyridine rings is 1. The summed E-state index contributed by atoms with van der Waals surface area (Å²) in [6.07, 6.45) is 3.47. The molecule has 1 atom stereocenters. The summed E-state index contributed by atoms with van der Waals surface area (Å²) in [5.41, 5.74) is 4.30. The summed E-state index contributed by atoms with van der Waals surface area (Å²) in [6, 6.07) is 13.5. The third-order valence-electron chi connectivity index (χ3n) is 5.02. The molecule has 31 heavy (non-hydrogen) atoms. The number of ether oxygens (including phenoxy) is 1. The number of rotatable bonds is 6. The number of hydrogen-bond acceptors (Lipinski definition) is 7. The van der Waals surface area contributed by atoms with Crippen LogP contribution in [0.2, 0.25) is 0 Å². The van der Waals surface area contributed by atoms with Gasteiger partial charge in [-0.1, -0.05) is 17.8 Å². The van der Waals surface area contributed by atoms with Crippen molar-refractivity contribution in [2.75, 3.05) is 7.11 Å². The van der Waals surface area contributed by atoms with Crippen LogP contribution in [0.1, 0.15) is 39.6 Å². The number of thioether (sulfide) groups is 1. The Morgan fingerprint density at radius 2 is 1.84 bits per heavy atom. The highest BCUT2D eigenvalue weighted by atomic mass is 32.2. The Kier molecular flexibility index (Phi) is 5.90. The van der Waals surface area contributed by atoms with Crippen LogP contribution in [0.15, 0.2) is 64.4 Å². The van der Waals surface area contributed by atoms with Crippen LogP contribution < -0.4 is 0 Å². The molecule has 7 nitrogen and oxygen atoms in total. The third-order valence-corrected chi connectivity index (χ3v) is 6.08. The zero-order valence-corrected chi connectivity index (χ0v) is 18.5. The predicted molar refractivity (Wildman–Crippen MR) is 118 cm³/mol. The molecule has 4 aromatic rings. The average Bonchev–Trinajstić information content (AvgIpc) is 3.43. The molecular formula is C23H22N4O3S. The summed E-state index contributed by atoms with van der Waals surface area (Å²) >= 11 is 1.50. The van der Waals surface area contributed by atoms with E-state index in [1.165, 1.54) is 30.0 Å². The summed E-state index contributed by atoms with van der Waals surface area (Å²) in [6.45, 7) is 6.17. The number of esters is 1. The molecule has 4 rings (SSSR count). The highest BCUT2D eigenvalue weighted by Gasteiger charge is 2.22. The number of aryl methyl sites for hydroxylation is 2. The third kappa shape index (κ3) is 4.25. The van der Waals surface area contributed by atoms with Crippen molar-refractivity contribution in [1.29, 1.82) is 0 Å². The normalized spacial score (nSPS) is 12.0. The maximum atomic E-state index is 11.7. The second-order valence-corrected chi connectivity index (χ2v) is 8.41. The highest BCUT2D eigenvalue weighted by molar-refractivity contribution is 7.99. The van der Waals surface area contributed by atoms with Crippen molar-refractivity contribution in [1.82, 2.24) is 19.7 Å². The molecule has 0 saturated carbocycles. The van der Waals surface area contributed by atoms with Gasteiger partial charge in [0.2, 0.25) is 5.76 Å². The van der Waals surface area contributed by atoms with Crippen molar-refractivity contribution in [2.24, 2.45) is 0 Å².